The van der Waals surface area contributed by atoms with Gasteiger partial charge in [0, 0.05) is 28.7 Å². The fourth-order valence-electron chi connectivity index (χ4n) is 2.75. The maximum atomic E-state index is 12.4. The average molecular weight is 358 g/mol. The van der Waals surface area contributed by atoms with Crippen LogP contribution in [0.1, 0.15) is 25.5 Å². The van der Waals surface area contributed by atoms with Crippen LogP contribution in [0.5, 0.6) is 0 Å². The van der Waals surface area contributed by atoms with Gasteiger partial charge in [0.2, 0.25) is 0 Å². The molecule has 130 valence electrons. The summed E-state index contributed by atoms with van der Waals surface area (Å²) in [6.45, 7) is 3.80. The van der Waals surface area contributed by atoms with Crippen molar-refractivity contribution in [2.24, 2.45) is 0 Å². The van der Waals surface area contributed by atoms with Crippen LogP contribution in [0.15, 0.2) is 35.4 Å². The first kappa shape index (κ1) is 17.3. The molecule has 0 spiro atoms. The van der Waals surface area contributed by atoms with Crippen molar-refractivity contribution in [1.29, 1.82) is 0 Å². The molecule has 6 nitrogen and oxygen atoms in total. The monoisotopic (exact) mass is 358 g/mol. The van der Waals surface area contributed by atoms with Crippen molar-refractivity contribution in [2.45, 2.75) is 19.9 Å². The van der Waals surface area contributed by atoms with Crippen molar-refractivity contribution in [1.82, 2.24) is 9.47 Å². The van der Waals surface area contributed by atoms with Gasteiger partial charge in [0.1, 0.15) is 6.54 Å². The summed E-state index contributed by atoms with van der Waals surface area (Å²) >= 11 is 0.837. The zero-order valence-corrected chi connectivity index (χ0v) is 15.0. The molecule has 3 rings (SSSR count). The van der Waals surface area contributed by atoms with E-state index in [1.165, 1.54) is 7.11 Å². The Hall–Kier alpha value is -2.54. The van der Waals surface area contributed by atoms with E-state index in [9.17, 15) is 14.4 Å². The van der Waals surface area contributed by atoms with Gasteiger partial charge < -0.3 is 9.30 Å². The number of carbonyl (C=O) groups is 3. The Labute approximate surface area is 149 Å². The van der Waals surface area contributed by atoms with Crippen LogP contribution in [0.2, 0.25) is 0 Å². The van der Waals surface area contributed by atoms with E-state index in [4.69, 9.17) is 0 Å². The zero-order chi connectivity index (χ0) is 18.1. The lowest BCUT2D eigenvalue weighted by molar-refractivity contribution is -0.143. The standard InChI is InChI=1S/C18H18N2O4S/c1-11(2)19-9-12(13-6-4-5-7-14(13)19)8-15-17(22)20(18(23)25-15)10-16(21)24-3/h4-9,11H,10H2,1-3H3/b15-8+. The highest BCUT2D eigenvalue weighted by Gasteiger charge is 2.36. The summed E-state index contributed by atoms with van der Waals surface area (Å²) in [6, 6.07) is 8.18. The van der Waals surface area contributed by atoms with Crippen LogP contribution in [0.4, 0.5) is 4.79 Å². The molecule has 1 aromatic carbocycles. The van der Waals surface area contributed by atoms with Gasteiger partial charge in [0.05, 0.1) is 12.0 Å². The summed E-state index contributed by atoms with van der Waals surface area (Å²) in [5.41, 5.74) is 1.94. The molecule has 0 atom stereocenters. The molecule has 0 saturated carbocycles. The number of hydrogen-bond acceptors (Lipinski definition) is 5. The van der Waals surface area contributed by atoms with Gasteiger partial charge in [-0.3, -0.25) is 19.3 Å². The third-order valence-corrected chi connectivity index (χ3v) is 4.91. The summed E-state index contributed by atoms with van der Waals surface area (Å²) in [5.74, 6) is -1.10. The van der Waals surface area contributed by atoms with E-state index in [0.717, 1.165) is 33.1 Å². The van der Waals surface area contributed by atoms with E-state index in [2.05, 4.69) is 23.2 Å². The number of methoxy groups -OCH3 is 1. The van der Waals surface area contributed by atoms with E-state index >= 15 is 0 Å². The number of hydrogen-bond donors (Lipinski definition) is 0. The van der Waals surface area contributed by atoms with Crippen LogP contribution in [-0.2, 0) is 14.3 Å². The highest BCUT2D eigenvalue weighted by molar-refractivity contribution is 8.18. The first-order valence-electron chi connectivity index (χ1n) is 7.84. The van der Waals surface area contributed by atoms with Crippen molar-refractivity contribution < 1.29 is 19.1 Å². The second-order valence-electron chi connectivity index (χ2n) is 5.95. The maximum absolute atomic E-state index is 12.4. The quantitative estimate of drug-likeness (QED) is 0.619. The SMILES string of the molecule is COC(=O)CN1C(=O)S/C(=C/c2cn(C(C)C)c3ccccc23)C1=O. The molecule has 0 unspecified atom stereocenters. The van der Waals surface area contributed by atoms with Crippen LogP contribution in [0.25, 0.3) is 17.0 Å². The second kappa shape index (κ2) is 6.76. The Kier molecular flexibility index (Phi) is 4.67. The van der Waals surface area contributed by atoms with Crippen molar-refractivity contribution in [3.63, 3.8) is 0 Å². The molecule has 1 aliphatic rings. The van der Waals surface area contributed by atoms with E-state index in [0.29, 0.717) is 4.91 Å². The number of aromatic nitrogens is 1. The Morgan fingerprint density at radius 1 is 1.28 bits per heavy atom. The number of amides is 2. The summed E-state index contributed by atoms with van der Waals surface area (Å²) in [7, 11) is 1.22. The Bertz CT molecular complexity index is 898. The number of ether oxygens (including phenoxy) is 1. The summed E-state index contributed by atoms with van der Waals surface area (Å²) in [5, 5.41) is 0.546. The summed E-state index contributed by atoms with van der Waals surface area (Å²) in [6.07, 6.45) is 3.69. The fraction of sp³-hybridized carbons (Fsp3) is 0.278. The maximum Gasteiger partial charge on any atom is 0.325 e. The smallest absolute Gasteiger partial charge is 0.325 e. The first-order valence-corrected chi connectivity index (χ1v) is 8.65. The van der Waals surface area contributed by atoms with Gasteiger partial charge in [0.25, 0.3) is 11.1 Å². The molecule has 2 amide bonds. The Morgan fingerprint density at radius 3 is 2.68 bits per heavy atom. The lowest BCUT2D eigenvalue weighted by atomic mass is 10.1. The van der Waals surface area contributed by atoms with E-state index in [1.807, 2.05) is 30.5 Å². The van der Waals surface area contributed by atoms with Gasteiger partial charge >= 0.3 is 5.97 Å². The predicted octanol–water partition coefficient (Wildman–Crippen LogP) is 3.43. The second-order valence-corrected chi connectivity index (χ2v) is 6.94. The highest BCUT2D eigenvalue weighted by atomic mass is 32.2. The number of rotatable bonds is 4. The number of fused-ring (bicyclic) bond motifs is 1. The predicted molar refractivity (Wildman–Crippen MR) is 97.0 cm³/mol. The van der Waals surface area contributed by atoms with Crippen molar-refractivity contribution in [3.05, 3.63) is 40.9 Å². The molecular formula is C18H18N2O4S. The number of nitrogens with zero attached hydrogens (tertiary/aromatic N) is 2. The largest absolute Gasteiger partial charge is 0.468 e. The van der Waals surface area contributed by atoms with Crippen molar-refractivity contribution in [3.8, 4) is 0 Å². The molecular weight excluding hydrogens is 340 g/mol. The molecule has 0 bridgehead atoms. The third kappa shape index (κ3) is 3.19. The number of imide groups is 1. The van der Waals surface area contributed by atoms with Crippen LogP contribution in [-0.4, -0.2) is 40.2 Å². The Morgan fingerprint density at radius 2 is 2.00 bits per heavy atom. The molecule has 7 heteroatoms. The molecule has 2 aromatic rings. The van der Waals surface area contributed by atoms with Gasteiger partial charge in [-0.25, -0.2) is 0 Å². The molecule has 2 heterocycles. The minimum Gasteiger partial charge on any atom is -0.468 e. The third-order valence-electron chi connectivity index (χ3n) is 4.00. The highest BCUT2D eigenvalue weighted by Crippen LogP contribution is 2.34. The lowest BCUT2D eigenvalue weighted by Gasteiger charge is -2.09. The van der Waals surface area contributed by atoms with E-state index < -0.39 is 17.1 Å². The summed E-state index contributed by atoms with van der Waals surface area (Å²) in [4.78, 5) is 37.1. The summed E-state index contributed by atoms with van der Waals surface area (Å²) < 4.78 is 6.66. The van der Waals surface area contributed by atoms with Gasteiger partial charge in [0.15, 0.2) is 0 Å². The lowest BCUT2D eigenvalue weighted by Crippen LogP contribution is -2.34. The van der Waals surface area contributed by atoms with Gasteiger partial charge in [-0.1, -0.05) is 18.2 Å². The molecule has 25 heavy (non-hydrogen) atoms. The van der Waals surface area contributed by atoms with Crippen molar-refractivity contribution in [2.75, 3.05) is 13.7 Å². The minimum absolute atomic E-state index is 0.265. The van der Waals surface area contributed by atoms with Crippen LogP contribution in [0, 0.1) is 0 Å². The molecule has 0 radical (unpaired) electrons. The minimum atomic E-state index is -0.625. The first-order chi connectivity index (χ1) is 11.9. The van der Waals surface area contributed by atoms with Gasteiger partial charge in [-0.2, -0.15) is 0 Å². The number of thioether (sulfide) groups is 1. The van der Waals surface area contributed by atoms with E-state index in [-0.39, 0.29) is 12.6 Å². The molecule has 1 fully saturated rings. The molecule has 1 aliphatic heterocycles. The normalized spacial score (nSPS) is 16.5. The number of benzene rings is 1. The zero-order valence-electron chi connectivity index (χ0n) is 14.2. The molecule has 0 aliphatic carbocycles. The van der Waals surface area contributed by atoms with Gasteiger partial charge in [-0.05, 0) is 37.8 Å². The topological polar surface area (TPSA) is 68.6 Å². The van der Waals surface area contributed by atoms with Crippen LogP contribution >= 0.6 is 11.8 Å². The van der Waals surface area contributed by atoms with Gasteiger partial charge in [-0.15, -0.1) is 0 Å². The molecule has 1 aromatic heterocycles. The number of carbonyl (C=O) groups excluding carboxylic acids is 3. The van der Waals surface area contributed by atoms with Crippen LogP contribution in [0.3, 0.4) is 0 Å². The number of esters is 1. The molecule has 0 N–H and O–H groups in total. The van der Waals surface area contributed by atoms with E-state index in [1.54, 1.807) is 6.08 Å². The Balaban J connectivity index is 1.99. The molecule has 1 saturated heterocycles. The van der Waals surface area contributed by atoms with Crippen LogP contribution < -0.4 is 0 Å². The van der Waals surface area contributed by atoms with Crippen molar-refractivity contribution >= 4 is 45.9 Å². The number of para-hydroxylation sites is 1. The average Bonchev–Trinajstić information content (AvgIpc) is 3.08. The fourth-order valence-corrected chi connectivity index (χ4v) is 3.57.